The number of ether oxygens (including phenoxy) is 3. The van der Waals surface area contributed by atoms with Crippen LogP contribution in [-0.4, -0.2) is 37.2 Å². The molecule has 390 valence electrons. The number of esters is 3. The average Bonchev–Trinajstić information content (AvgIpc) is 3.33. The first-order valence-electron chi connectivity index (χ1n) is 29.1. The summed E-state index contributed by atoms with van der Waals surface area (Å²) < 4.78 is 16.9. The predicted octanol–water partition coefficient (Wildman–Crippen LogP) is 19.4. The van der Waals surface area contributed by atoms with E-state index >= 15 is 0 Å². The maximum absolute atomic E-state index is 12.8. The standard InChI is InChI=1S/C61H110O6/c1-4-7-10-13-16-19-22-25-27-29-30-31-32-33-35-36-39-42-45-48-51-54-60(63)66-57-58(56-65-59(62)53-50-47-44-41-38-24-21-18-15-12-9-6-3)67-61(64)55-52-49-46-43-40-37-34-28-26-23-20-17-14-11-8-5-2/h7,10,16,19,25,27,30-31,58H,4-6,8-9,11-15,17-18,20-24,26,28-29,32-57H2,1-3H3/b10-7-,19-16-,27-25-,31-30-. The first-order chi connectivity index (χ1) is 33.0. The van der Waals surface area contributed by atoms with Gasteiger partial charge in [0.25, 0.3) is 0 Å². The Kier molecular flexibility index (Phi) is 53.8. The Morgan fingerprint density at radius 3 is 0.910 bits per heavy atom. The molecule has 0 bridgehead atoms. The second-order valence-electron chi connectivity index (χ2n) is 19.5. The highest BCUT2D eigenvalue weighted by Crippen LogP contribution is 2.17. The Morgan fingerprint density at radius 1 is 0.313 bits per heavy atom. The number of allylic oxidation sites excluding steroid dienone is 8. The van der Waals surface area contributed by atoms with Gasteiger partial charge in [-0.05, 0) is 57.8 Å². The number of hydrogen-bond donors (Lipinski definition) is 0. The number of rotatable bonds is 53. The van der Waals surface area contributed by atoms with Crippen LogP contribution < -0.4 is 0 Å². The van der Waals surface area contributed by atoms with E-state index in [0.717, 1.165) is 89.9 Å². The minimum absolute atomic E-state index is 0.0709. The van der Waals surface area contributed by atoms with E-state index in [4.69, 9.17) is 14.2 Å². The molecule has 0 spiro atoms. The van der Waals surface area contributed by atoms with Crippen molar-refractivity contribution < 1.29 is 28.6 Å². The number of carbonyl (C=O) groups is 3. The van der Waals surface area contributed by atoms with E-state index in [9.17, 15) is 14.4 Å². The lowest BCUT2D eigenvalue weighted by atomic mass is 10.0. The molecule has 0 saturated carbocycles. The molecule has 0 aromatic rings. The highest BCUT2D eigenvalue weighted by Gasteiger charge is 2.19. The van der Waals surface area contributed by atoms with E-state index in [1.165, 1.54) is 173 Å². The molecule has 0 aliphatic carbocycles. The van der Waals surface area contributed by atoms with Crippen molar-refractivity contribution in [3.63, 3.8) is 0 Å². The Balaban J connectivity index is 4.31. The largest absolute Gasteiger partial charge is 0.462 e. The third-order valence-corrected chi connectivity index (χ3v) is 12.8. The van der Waals surface area contributed by atoms with Gasteiger partial charge in [-0.3, -0.25) is 14.4 Å². The first kappa shape index (κ1) is 64.4. The van der Waals surface area contributed by atoms with Crippen molar-refractivity contribution in [1.29, 1.82) is 0 Å². The minimum atomic E-state index is -0.772. The first-order valence-corrected chi connectivity index (χ1v) is 29.1. The summed E-state index contributed by atoms with van der Waals surface area (Å²) in [7, 11) is 0. The van der Waals surface area contributed by atoms with Crippen LogP contribution in [-0.2, 0) is 28.6 Å². The van der Waals surface area contributed by atoms with Crippen molar-refractivity contribution in [2.45, 2.75) is 309 Å². The molecule has 0 fully saturated rings. The van der Waals surface area contributed by atoms with Crippen molar-refractivity contribution in [1.82, 2.24) is 0 Å². The monoisotopic (exact) mass is 939 g/mol. The van der Waals surface area contributed by atoms with E-state index in [1.54, 1.807) is 0 Å². The van der Waals surface area contributed by atoms with Crippen LogP contribution in [0.5, 0.6) is 0 Å². The minimum Gasteiger partial charge on any atom is -0.462 e. The van der Waals surface area contributed by atoms with E-state index in [-0.39, 0.29) is 31.1 Å². The zero-order valence-corrected chi connectivity index (χ0v) is 44.7. The van der Waals surface area contributed by atoms with Crippen molar-refractivity contribution in [2.75, 3.05) is 13.2 Å². The van der Waals surface area contributed by atoms with Crippen molar-refractivity contribution >= 4 is 17.9 Å². The fourth-order valence-corrected chi connectivity index (χ4v) is 8.49. The molecule has 6 heteroatoms. The fraction of sp³-hybridized carbons (Fsp3) is 0.820. The van der Waals surface area contributed by atoms with Gasteiger partial charge in [0.15, 0.2) is 6.10 Å². The summed E-state index contributed by atoms with van der Waals surface area (Å²) >= 11 is 0. The van der Waals surface area contributed by atoms with Crippen molar-refractivity contribution in [2.24, 2.45) is 0 Å². The number of hydrogen-bond acceptors (Lipinski definition) is 6. The number of unbranched alkanes of at least 4 members (excludes halogenated alkanes) is 34. The van der Waals surface area contributed by atoms with Crippen molar-refractivity contribution in [3.8, 4) is 0 Å². The molecule has 0 radical (unpaired) electrons. The highest BCUT2D eigenvalue weighted by atomic mass is 16.6. The smallest absolute Gasteiger partial charge is 0.306 e. The fourth-order valence-electron chi connectivity index (χ4n) is 8.49. The van der Waals surface area contributed by atoms with Crippen LogP contribution in [0.15, 0.2) is 48.6 Å². The maximum atomic E-state index is 12.8. The van der Waals surface area contributed by atoms with Gasteiger partial charge >= 0.3 is 17.9 Å². The second-order valence-corrected chi connectivity index (χ2v) is 19.5. The molecule has 0 aliphatic rings. The van der Waals surface area contributed by atoms with E-state index < -0.39 is 6.10 Å². The Hall–Kier alpha value is -2.63. The van der Waals surface area contributed by atoms with E-state index in [0.29, 0.717) is 19.3 Å². The van der Waals surface area contributed by atoms with E-state index in [2.05, 4.69) is 69.4 Å². The zero-order valence-electron chi connectivity index (χ0n) is 44.7. The molecule has 0 aromatic heterocycles. The van der Waals surface area contributed by atoms with Crippen LogP contribution in [0.2, 0.25) is 0 Å². The topological polar surface area (TPSA) is 78.9 Å². The number of carbonyl (C=O) groups excluding carboxylic acids is 3. The molecule has 1 unspecified atom stereocenters. The highest BCUT2D eigenvalue weighted by molar-refractivity contribution is 5.71. The molecule has 67 heavy (non-hydrogen) atoms. The molecule has 0 heterocycles. The molecule has 1 atom stereocenters. The molecular weight excluding hydrogens is 829 g/mol. The van der Waals surface area contributed by atoms with Gasteiger partial charge in [-0.1, -0.05) is 275 Å². The summed E-state index contributed by atoms with van der Waals surface area (Å²) in [5.74, 6) is -0.862. The lowest BCUT2D eigenvalue weighted by Crippen LogP contribution is -2.30. The average molecular weight is 940 g/mol. The van der Waals surface area contributed by atoms with Crippen LogP contribution in [0.1, 0.15) is 303 Å². The van der Waals surface area contributed by atoms with Crippen molar-refractivity contribution in [3.05, 3.63) is 48.6 Å². The van der Waals surface area contributed by atoms with Crippen LogP contribution >= 0.6 is 0 Å². The second kappa shape index (κ2) is 56.0. The zero-order chi connectivity index (χ0) is 48.6. The molecule has 6 nitrogen and oxygen atoms in total. The Labute approximate surface area is 416 Å². The Morgan fingerprint density at radius 2 is 0.582 bits per heavy atom. The van der Waals surface area contributed by atoms with Gasteiger partial charge in [-0.15, -0.1) is 0 Å². The summed E-state index contributed by atoms with van der Waals surface area (Å²) in [6, 6.07) is 0. The van der Waals surface area contributed by atoms with Crippen LogP contribution in [0.25, 0.3) is 0 Å². The van der Waals surface area contributed by atoms with Gasteiger partial charge in [0, 0.05) is 19.3 Å². The molecule has 0 saturated heterocycles. The van der Waals surface area contributed by atoms with E-state index in [1.807, 2.05) is 0 Å². The lowest BCUT2D eigenvalue weighted by Gasteiger charge is -2.18. The summed E-state index contributed by atoms with van der Waals surface area (Å²) in [5, 5.41) is 0. The van der Waals surface area contributed by atoms with Gasteiger partial charge < -0.3 is 14.2 Å². The lowest BCUT2D eigenvalue weighted by molar-refractivity contribution is -0.167. The van der Waals surface area contributed by atoms with Crippen LogP contribution in [0.3, 0.4) is 0 Å². The molecule has 0 N–H and O–H groups in total. The third-order valence-electron chi connectivity index (χ3n) is 12.8. The molecule has 0 amide bonds. The SMILES string of the molecule is CC/C=C\C/C=C\C/C=C\C/C=C\CCCCCCCCCCC(=O)OCC(COC(=O)CCCCCCCCCCCCCC)OC(=O)CCCCCCCCCCCCCCCCCC. The van der Waals surface area contributed by atoms with Crippen LogP contribution in [0, 0.1) is 0 Å². The predicted molar refractivity (Wildman–Crippen MR) is 289 cm³/mol. The van der Waals surface area contributed by atoms with Gasteiger partial charge in [0.2, 0.25) is 0 Å². The van der Waals surface area contributed by atoms with Crippen LogP contribution in [0.4, 0.5) is 0 Å². The van der Waals surface area contributed by atoms with Gasteiger partial charge in [-0.25, -0.2) is 0 Å². The molecular formula is C61H110O6. The van der Waals surface area contributed by atoms with Gasteiger partial charge in [0.1, 0.15) is 13.2 Å². The quantitative estimate of drug-likeness (QED) is 0.0262. The maximum Gasteiger partial charge on any atom is 0.306 e. The summed E-state index contributed by atoms with van der Waals surface area (Å²) in [6.45, 7) is 6.56. The van der Waals surface area contributed by atoms with Gasteiger partial charge in [0.05, 0.1) is 0 Å². The summed E-state index contributed by atoms with van der Waals surface area (Å²) in [4.78, 5) is 38.1. The third kappa shape index (κ3) is 54.2. The summed E-state index contributed by atoms with van der Waals surface area (Å²) in [6.07, 6.45) is 68.1. The molecule has 0 aromatic carbocycles. The molecule has 0 rings (SSSR count). The normalized spacial score (nSPS) is 12.3. The van der Waals surface area contributed by atoms with Gasteiger partial charge in [-0.2, -0.15) is 0 Å². The Bertz CT molecular complexity index is 1170. The molecule has 0 aliphatic heterocycles. The summed E-state index contributed by atoms with van der Waals surface area (Å²) in [5.41, 5.74) is 0.